The normalized spacial score (nSPS) is 17.0. The number of nitrogens with zero attached hydrogens (tertiary/aromatic N) is 1. The summed E-state index contributed by atoms with van der Waals surface area (Å²) in [6.07, 6.45) is 1.23. The molecule has 1 aliphatic heterocycles. The first kappa shape index (κ1) is 15.6. The number of carbonyl (C=O) groups excluding carboxylic acids is 1. The van der Waals surface area contributed by atoms with Gasteiger partial charge in [-0.25, -0.2) is 0 Å². The zero-order valence-electron chi connectivity index (χ0n) is 12.6. The molecule has 2 rings (SSSR count). The lowest BCUT2D eigenvalue weighted by molar-refractivity contribution is -0.00202. The maximum absolute atomic E-state index is 12.6. The minimum atomic E-state index is -0.652. The molecule has 1 saturated heterocycles. The fourth-order valence-corrected chi connectivity index (χ4v) is 2.51. The third-order valence-electron chi connectivity index (χ3n) is 3.79. The molecule has 1 aromatic carbocycles. The SMILES string of the molecule is Cc1cc(C#CCN)cc(C(=O)N2CCC(C)(O)CC2)c1. The third-order valence-corrected chi connectivity index (χ3v) is 3.79. The molecule has 4 nitrogen and oxygen atoms in total. The van der Waals surface area contributed by atoms with Crippen molar-refractivity contribution in [1.29, 1.82) is 0 Å². The minimum Gasteiger partial charge on any atom is -0.390 e. The first-order chi connectivity index (χ1) is 9.91. The molecule has 112 valence electrons. The molecular formula is C17H22N2O2. The maximum atomic E-state index is 12.6. The highest BCUT2D eigenvalue weighted by atomic mass is 16.3. The molecule has 0 aromatic heterocycles. The van der Waals surface area contributed by atoms with E-state index in [-0.39, 0.29) is 5.91 Å². The Morgan fingerprint density at radius 2 is 2.05 bits per heavy atom. The van der Waals surface area contributed by atoms with Gasteiger partial charge in [-0.2, -0.15) is 0 Å². The van der Waals surface area contributed by atoms with Crippen molar-refractivity contribution in [3.05, 3.63) is 34.9 Å². The third kappa shape index (κ3) is 4.07. The van der Waals surface area contributed by atoms with Gasteiger partial charge in [0.2, 0.25) is 0 Å². The van der Waals surface area contributed by atoms with E-state index in [0.29, 0.717) is 38.0 Å². The van der Waals surface area contributed by atoms with E-state index < -0.39 is 5.60 Å². The van der Waals surface area contributed by atoms with Crippen LogP contribution in [0.25, 0.3) is 0 Å². The smallest absolute Gasteiger partial charge is 0.253 e. The van der Waals surface area contributed by atoms with Crippen molar-refractivity contribution < 1.29 is 9.90 Å². The minimum absolute atomic E-state index is 0.00463. The summed E-state index contributed by atoms with van der Waals surface area (Å²) >= 11 is 0. The molecule has 3 N–H and O–H groups in total. The van der Waals surface area contributed by atoms with Crippen LogP contribution in [-0.2, 0) is 0 Å². The Hall–Kier alpha value is -1.83. The van der Waals surface area contributed by atoms with Crippen molar-refractivity contribution in [2.24, 2.45) is 5.73 Å². The predicted octanol–water partition coefficient (Wildman–Crippen LogP) is 1.29. The number of benzene rings is 1. The van der Waals surface area contributed by atoms with Crippen LogP contribution >= 0.6 is 0 Å². The number of aliphatic hydroxyl groups is 1. The summed E-state index contributed by atoms with van der Waals surface area (Å²) in [6, 6.07) is 5.63. The van der Waals surface area contributed by atoms with Gasteiger partial charge in [0, 0.05) is 24.2 Å². The average molecular weight is 286 g/mol. The van der Waals surface area contributed by atoms with Crippen LogP contribution in [0.1, 0.15) is 41.3 Å². The summed E-state index contributed by atoms with van der Waals surface area (Å²) in [5.41, 5.74) is 7.20. The van der Waals surface area contributed by atoms with Crippen LogP contribution < -0.4 is 5.73 Å². The van der Waals surface area contributed by atoms with Gasteiger partial charge in [0.15, 0.2) is 0 Å². The van der Waals surface area contributed by atoms with Crippen LogP contribution in [0.4, 0.5) is 0 Å². The number of aryl methyl sites for hydroxylation is 1. The number of nitrogens with two attached hydrogens (primary N) is 1. The van der Waals surface area contributed by atoms with E-state index in [4.69, 9.17) is 5.73 Å². The van der Waals surface area contributed by atoms with Gasteiger partial charge < -0.3 is 15.7 Å². The Morgan fingerprint density at radius 1 is 1.38 bits per heavy atom. The Labute approximate surface area is 125 Å². The van der Waals surface area contributed by atoms with Crippen molar-refractivity contribution in [2.45, 2.75) is 32.3 Å². The Balaban J connectivity index is 2.18. The Bertz CT molecular complexity index is 587. The number of likely N-dealkylation sites (tertiary alicyclic amines) is 1. The van der Waals surface area contributed by atoms with E-state index in [1.165, 1.54) is 0 Å². The van der Waals surface area contributed by atoms with Crippen LogP contribution in [0.2, 0.25) is 0 Å². The highest BCUT2D eigenvalue weighted by Crippen LogP contribution is 2.23. The second-order valence-corrected chi connectivity index (χ2v) is 5.88. The van der Waals surface area contributed by atoms with Crippen LogP contribution in [0.15, 0.2) is 18.2 Å². The largest absolute Gasteiger partial charge is 0.390 e. The Kier molecular flexibility index (Phi) is 4.66. The van der Waals surface area contributed by atoms with Gasteiger partial charge in [-0.05, 0) is 50.5 Å². The summed E-state index contributed by atoms with van der Waals surface area (Å²) < 4.78 is 0. The maximum Gasteiger partial charge on any atom is 0.253 e. The molecule has 1 fully saturated rings. The molecule has 0 bridgehead atoms. The summed E-state index contributed by atoms with van der Waals surface area (Å²) in [6.45, 7) is 5.25. The molecule has 0 radical (unpaired) electrons. The van der Waals surface area contributed by atoms with Gasteiger partial charge in [-0.1, -0.05) is 11.8 Å². The standard InChI is InChI=1S/C17H22N2O2/c1-13-10-14(4-3-7-18)12-15(11-13)16(20)19-8-5-17(2,21)6-9-19/h10-12,21H,5-9,18H2,1-2H3. The average Bonchev–Trinajstić information content (AvgIpc) is 2.44. The number of hydrogen-bond acceptors (Lipinski definition) is 3. The molecule has 21 heavy (non-hydrogen) atoms. The van der Waals surface area contributed by atoms with E-state index in [0.717, 1.165) is 11.1 Å². The van der Waals surface area contributed by atoms with Crippen LogP contribution in [0, 0.1) is 18.8 Å². The molecule has 0 aliphatic carbocycles. The second kappa shape index (κ2) is 6.30. The molecule has 4 heteroatoms. The topological polar surface area (TPSA) is 66.6 Å². The van der Waals surface area contributed by atoms with Gasteiger partial charge >= 0.3 is 0 Å². The first-order valence-corrected chi connectivity index (χ1v) is 7.23. The summed E-state index contributed by atoms with van der Waals surface area (Å²) in [4.78, 5) is 14.4. The lowest BCUT2D eigenvalue weighted by Gasteiger charge is -2.35. The number of rotatable bonds is 1. The molecule has 1 aromatic rings. The predicted molar refractivity (Wildman–Crippen MR) is 82.9 cm³/mol. The highest BCUT2D eigenvalue weighted by molar-refractivity contribution is 5.95. The number of hydrogen-bond donors (Lipinski definition) is 2. The lowest BCUT2D eigenvalue weighted by atomic mass is 9.93. The van der Waals surface area contributed by atoms with Gasteiger partial charge in [0.1, 0.15) is 0 Å². The van der Waals surface area contributed by atoms with Crippen LogP contribution in [-0.4, -0.2) is 41.1 Å². The molecule has 0 spiro atoms. The molecule has 1 amide bonds. The van der Waals surface area contributed by atoms with E-state index >= 15 is 0 Å². The monoisotopic (exact) mass is 286 g/mol. The first-order valence-electron chi connectivity index (χ1n) is 7.23. The molecule has 0 atom stereocenters. The second-order valence-electron chi connectivity index (χ2n) is 5.88. The van der Waals surface area contributed by atoms with Crippen molar-refractivity contribution in [1.82, 2.24) is 4.90 Å². The zero-order valence-corrected chi connectivity index (χ0v) is 12.6. The highest BCUT2D eigenvalue weighted by Gasteiger charge is 2.30. The van der Waals surface area contributed by atoms with Crippen LogP contribution in [0.3, 0.4) is 0 Å². The van der Waals surface area contributed by atoms with Crippen molar-refractivity contribution >= 4 is 5.91 Å². The van der Waals surface area contributed by atoms with Crippen molar-refractivity contribution in [3.8, 4) is 11.8 Å². The molecule has 0 saturated carbocycles. The van der Waals surface area contributed by atoms with Gasteiger partial charge in [0.05, 0.1) is 12.1 Å². The molecular weight excluding hydrogens is 264 g/mol. The number of piperidine rings is 1. The molecule has 1 aliphatic rings. The summed E-state index contributed by atoms with van der Waals surface area (Å²) in [7, 11) is 0. The summed E-state index contributed by atoms with van der Waals surface area (Å²) in [5.74, 6) is 5.78. The van der Waals surface area contributed by atoms with E-state index in [1.54, 1.807) is 4.90 Å². The number of amides is 1. The quantitative estimate of drug-likeness (QED) is 0.765. The van der Waals surface area contributed by atoms with E-state index in [9.17, 15) is 9.90 Å². The van der Waals surface area contributed by atoms with Crippen molar-refractivity contribution in [3.63, 3.8) is 0 Å². The van der Waals surface area contributed by atoms with Gasteiger partial charge in [-0.3, -0.25) is 4.79 Å². The lowest BCUT2D eigenvalue weighted by Crippen LogP contribution is -2.45. The van der Waals surface area contributed by atoms with Crippen molar-refractivity contribution in [2.75, 3.05) is 19.6 Å². The van der Waals surface area contributed by atoms with E-state index in [2.05, 4.69) is 11.8 Å². The van der Waals surface area contributed by atoms with Crippen LogP contribution in [0.5, 0.6) is 0 Å². The van der Waals surface area contributed by atoms with E-state index in [1.807, 2.05) is 32.0 Å². The summed E-state index contributed by atoms with van der Waals surface area (Å²) in [5, 5.41) is 9.96. The fourth-order valence-electron chi connectivity index (χ4n) is 2.51. The fraction of sp³-hybridized carbons (Fsp3) is 0.471. The number of carbonyl (C=O) groups is 1. The molecule has 0 unspecified atom stereocenters. The molecule has 1 heterocycles. The Morgan fingerprint density at radius 3 is 2.67 bits per heavy atom. The van der Waals surface area contributed by atoms with Gasteiger partial charge in [0.25, 0.3) is 5.91 Å². The zero-order chi connectivity index (χ0) is 15.5. The van der Waals surface area contributed by atoms with Gasteiger partial charge in [-0.15, -0.1) is 0 Å².